The Morgan fingerprint density at radius 1 is 1.29 bits per heavy atom. The van der Waals surface area contributed by atoms with Gasteiger partial charge in [-0.3, -0.25) is 9.59 Å². The minimum absolute atomic E-state index is 0.0200. The van der Waals surface area contributed by atoms with Gasteiger partial charge in [-0.25, -0.2) is 4.98 Å². The van der Waals surface area contributed by atoms with Crippen LogP contribution < -0.4 is 10.9 Å². The molecule has 1 amide bonds. The van der Waals surface area contributed by atoms with E-state index < -0.39 is 0 Å². The first-order valence-electron chi connectivity index (χ1n) is 10.5. The first kappa shape index (κ1) is 20.0. The van der Waals surface area contributed by atoms with Crippen LogP contribution in [-0.4, -0.2) is 27.2 Å². The number of amides is 1. The zero-order chi connectivity index (χ0) is 19.7. The largest absolute Gasteiger partial charge is 0.352 e. The molecule has 5 nitrogen and oxygen atoms in total. The summed E-state index contributed by atoms with van der Waals surface area (Å²) in [6.07, 6.45) is 8.97. The third-order valence-corrected chi connectivity index (χ3v) is 8.42. The summed E-state index contributed by atoms with van der Waals surface area (Å²) in [5.41, 5.74) is 1.20. The van der Waals surface area contributed by atoms with Crippen molar-refractivity contribution in [1.82, 2.24) is 15.3 Å². The van der Waals surface area contributed by atoms with Crippen LogP contribution in [0.4, 0.5) is 0 Å². The van der Waals surface area contributed by atoms with Crippen molar-refractivity contribution in [2.75, 3.05) is 0 Å². The number of hydrogen-bond donors (Lipinski definition) is 2. The Balaban J connectivity index is 1.38. The number of hydrogen-bond acceptors (Lipinski definition) is 5. The van der Waals surface area contributed by atoms with Crippen molar-refractivity contribution in [3.63, 3.8) is 0 Å². The number of thiophene rings is 1. The number of rotatable bonds is 5. The second kappa shape index (κ2) is 8.57. The summed E-state index contributed by atoms with van der Waals surface area (Å²) < 4.78 is 0. The molecular weight excluding hydrogens is 390 g/mol. The van der Waals surface area contributed by atoms with Crippen molar-refractivity contribution in [3.8, 4) is 0 Å². The van der Waals surface area contributed by atoms with Crippen LogP contribution >= 0.6 is 23.1 Å². The lowest BCUT2D eigenvalue weighted by Crippen LogP contribution is -2.41. The minimum atomic E-state index is -0.156. The maximum Gasteiger partial charge on any atom is 0.259 e. The number of nitrogens with zero attached hydrogens (tertiary/aromatic N) is 1. The second-order valence-electron chi connectivity index (χ2n) is 8.32. The van der Waals surface area contributed by atoms with Gasteiger partial charge >= 0.3 is 0 Å². The fourth-order valence-electron chi connectivity index (χ4n) is 4.28. The number of nitrogens with one attached hydrogen (secondary N) is 2. The Morgan fingerprint density at radius 3 is 2.82 bits per heavy atom. The predicted molar refractivity (Wildman–Crippen MR) is 117 cm³/mol. The number of aryl methyl sites for hydroxylation is 2. The van der Waals surface area contributed by atoms with Crippen LogP contribution in [0.2, 0.25) is 0 Å². The van der Waals surface area contributed by atoms with Crippen molar-refractivity contribution >= 4 is 39.2 Å². The average Bonchev–Trinajstić information content (AvgIpc) is 3.06. The van der Waals surface area contributed by atoms with Crippen molar-refractivity contribution in [3.05, 3.63) is 26.6 Å². The van der Waals surface area contributed by atoms with Crippen molar-refractivity contribution < 1.29 is 4.79 Å². The molecule has 7 heteroatoms. The summed E-state index contributed by atoms with van der Waals surface area (Å²) in [7, 11) is 0. The summed E-state index contributed by atoms with van der Waals surface area (Å²) in [6, 6.07) is 0.318. The van der Waals surface area contributed by atoms with Gasteiger partial charge in [0.15, 0.2) is 0 Å². The first-order valence-corrected chi connectivity index (χ1v) is 12.3. The van der Waals surface area contributed by atoms with E-state index in [4.69, 9.17) is 4.98 Å². The number of H-pyrrole nitrogens is 1. The molecule has 0 bridgehead atoms. The van der Waals surface area contributed by atoms with Crippen molar-refractivity contribution in [2.45, 2.75) is 82.3 Å². The zero-order valence-corrected chi connectivity index (χ0v) is 18.3. The normalized spacial score (nSPS) is 23.4. The Bertz CT molecular complexity index is 912. The smallest absolute Gasteiger partial charge is 0.259 e. The standard InChI is InChI=1S/C21H29N3O2S2/c1-12-7-9-14(10-8-12)22-19(25)13(2)27-11-17-23-20(26)18-15-5-3-4-6-16(15)28-21(18)24-17/h12-14H,3-11H2,1-2H3,(H,22,25)(H,23,24,26)/t12?,13-,14?/m0/s1. The third-order valence-electron chi connectivity index (χ3n) is 6.08. The molecule has 2 aromatic rings. The van der Waals surface area contributed by atoms with Crippen LogP contribution in [0.25, 0.3) is 10.2 Å². The molecule has 2 aromatic heterocycles. The number of carbonyl (C=O) groups is 1. The van der Waals surface area contributed by atoms with Gasteiger partial charge < -0.3 is 10.3 Å². The quantitative estimate of drug-likeness (QED) is 0.762. The molecule has 0 aliphatic heterocycles. The molecular formula is C21H29N3O2S2. The number of aromatic amines is 1. The van der Waals surface area contributed by atoms with E-state index in [2.05, 4.69) is 17.2 Å². The lowest BCUT2D eigenvalue weighted by molar-refractivity contribution is -0.121. The highest BCUT2D eigenvalue weighted by molar-refractivity contribution is 7.99. The molecule has 1 fully saturated rings. The number of aromatic nitrogens is 2. The van der Waals surface area contributed by atoms with E-state index >= 15 is 0 Å². The highest BCUT2D eigenvalue weighted by Crippen LogP contribution is 2.33. The summed E-state index contributed by atoms with van der Waals surface area (Å²) in [4.78, 5) is 35.0. The molecule has 2 aliphatic rings. The molecule has 152 valence electrons. The molecule has 4 rings (SSSR count). The van der Waals surface area contributed by atoms with Crippen LogP contribution in [-0.2, 0) is 23.4 Å². The Kier molecular flexibility index (Phi) is 6.11. The summed E-state index contributed by atoms with van der Waals surface area (Å²) in [5.74, 6) is 2.09. The van der Waals surface area contributed by atoms with Crippen LogP contribution in [0.1, 0.15) is 68.6 Å². The van der Waals surface area contributed by atoms with Gasteiger partial charge in [-0.1, -0.05) is 6.92 Å². The minimum Gasteiger partial charge on any atom is -0.352 e. The fourth-order valence-corrected chi connectivity index (χ4v) is 6.32. The molecule has 28 heavy (non-hydrogen) atoms. The van der Waals surface area contributed by atoms with Gasteiger partial charge in [0, 0.05) is 10.9 Å². The monoisotopic (exact) mass is 419 g/mol. The number of carbonyl (C=O) groups excluding carboxylic acids is 1. The van der Waals surface area contributed by atoms with Crippen LogP contribution in [0.5, 0.6) is 0 Å². The topological polar surface area (TPSA) is 74.8 Å². The molecule has 0 radical (unpaired) electrons. The molecule has 1 atom stereocenters. The van der Waals surface area contributed by atoms with E-state index in [1.165, 1.54) is 41.5 Å². The molecule has 1 saturated carbocycles. The van der Waals surface area contributed by atoms with Crippen LogP contribution in [0.3, 0.4) is 0 Å². The van der Waals surface area contributed by atoms with Crippen molar-refractivity contribution in [1.29, 1.82) is 0 Å². The van der Waals surface area contributed by atoms with E-state index in [0.29, 0.717) is 17.6 Å². The van der Waals surface area contributed by atoms with Crippen LogP contribution in [0.15, 0.2) is 4.79 Å². The van der Waals surface area contributed by atoms with E-state index in [9.17, 15) is 9.59 Å². The number of thioether (sulfide) groups is 1. The summed E-state index contributed by atoms with van der Waals surface area (Å²) in [6.45, 7) is 4.22. The van der Waals surface area contributed by atoms with E-state index in [-0.39, 0.29) is 16.7 Å². The summed E-state index contributed by atoms with van der Waals surface area (Å²) in [5, 5.41) is 3.84. The van der Waals surface area contributed by atoms with Gasteiger partial charge in [-0.05, 0) is 69.8 Å². The van der Waals surface area contributed by atoms with E-state index in [1.807, 2.05) is 6.92 Å². The molecule has 2 N–H and O–H groups in total. The molecule has 0 unspecified atom stereocenters. The maximum absolute atomic E-state index is 12.6. The molecule has 0 aromatic carbocycles. The SMILES string of the molecule is CC1CCC(NC(=O)[C@H](C)SCc2nc3sc4c(c3c(=O)[nH]2)CCCC4)CC1. The third kappa shape index (κ3) is 4.30. The van der Waals surface area contributed by atoms with E-state index in [1.54, 1.807) is 11.3 Å². The van der Waals surface area contributed by atoms with E-state index in [0.717, 1.165) is 48.2 Å². The average molecular weight is 420 g/mol. The lowest BCUT2D eigenvalue weighted by Gasteiger charge is -2.27. The first-order chi connectivity index (χ1) is 13.5. The van der Waals surface area contributed by atoms with Crippen molar-refractivity contribution in [2.24, 2.45) is 5.92 Å². The molecule has 2 aliphatic carbocycles. The van der Waals surface area contributed by atoms with Gasteiger partial charge in [0.05, 0.1) is 16.4 Å². The zero-order valence-electron chi connectivity index (χ0n) is 16.7. The van der Waals surface area contributed by atoms with Gasteiger partial charge in [0.25, 0.3) is 5.56 Å². The Morgan fingerprint density at radius 2 is 2.04 bits per heavy atom. The predicted octanol–water partition coefficient (Wildman–Crippen LogP) is 4.18. The fraction of sp³-hybridized carbons (Fsp3) is 0.667. The van der Waals surface area contributed by atoms with Gasteiger partial charge in [-0.2, -0.15) is 0 Å². The maximum atomic E-state index is 12.6. The Labute approximate surface area is 174 Å². The number of fused-ring (bicyclic) bond motifs is 3. The van der Waals surface area contributed by atoms with Gasteiger partial charge in [0.1, 0.15) is 10.7 Å². The van der Waals surface area contributed by atoms with Crippen LogP contribution in [0, 0.1) is 5.92 Å². The molecule has 2 heterocycles. The highest BCUT2D eigenvalue weighted by Gasteiger charge is 2.23. The highest BCUT2D eigenvalue weighted by atomic mass is 32.2. The molecule has 0 spiro atoms. The lowest BCUT2D eigenvalue weighted by atomic mass is 9.87. The second-order valence-corrected chi connectivity index (χ2v) is 10.7. The Hall–Kier alpha value is -1.34. The van der Waals surface area contributed by atoms with Gasteiger partial charge in [0.2, 0.25) is 5.91 Å². The summed E-state index contributed by atoms with van der Waals surface area (Å²) >= 11 is 3.21. The molecule has 0 saturated heterocycles. The van der Waals surface area contributed by atoms with Gasteiger partial charge in [-0.15, -0.1) is 23.1 Å².